The molecule has 0 amide bonds. The molecule has 1 rings (SSSR count). The summed E-state index contributed by atoms with van der Waals surface area (Å²) in [5.41, 5.74) is 1.31. The molecular formula is C14H23NO. The van der Waals surface area contributed by atoms with Gasteiger partial charge < -0.3 is 10.1 Å². The van der Waals surface area contributed by atoms with E-state index in [1.54, 1.807) is 7.11 Å². The monoisotopic (exact) mass is 221 g/mol. The summed E-state index contributed by atoms with van der Waals surface area (Å²) < 4.78 is 5.15. The molecule has 1 aromatic rings. The topological polar surface area (TPSA) is 21.3 Å². The number of nitrogens with one attached hydrogen (secondary N) is 1. The number of hydrogen-bond donors (Lipinski definition) is 1. The largest absolute Gasteiger partial charge is 0.497 e. The molecule has 0 heterocycles. The second-order valence-electron chi connectivity index (χ2n) is 4.17. The van der Waals surface area contributed by atoms with Gasteiger partial charge >= 0.3 is 0 Å². The summed E-state index contributed by atoms with van der Waals surface area (Å²) >= 11 is 0. The Morgan fingerprint density at radius 2 is 1.69 bits per heavy atom. The fourth-order valence-corrected chi connectivity index (χ4v) is 1.87. The highest BCUT2D eigenvalue weighted by Crippen LogP contribution is 2.18. The maximum absolute atomic E-state index is 5.15. The molecule has 0 saturated heterocycles. The molecule has 0 aliphatic carbocycles. The standard InChI is InChI=1S/C14H23NO/c1-5-13(6-2)15-11(3)12-7-9-14(16-4)10-8-12/h7-11,13,15H,5-6H2,1-4H3. The van der Waals surface area contributed by atoms with Gasteiger partial charge in [-0.1, -0.05) is 26.0 Å². The molecule has 0 radical (unpaired) electrons. The van der Waals surface area contributed by atoms with Crippen LogP contribution < -0.4 is 10.1 Å². The van der Waals surface area contributed by atoms with Gasteiger partial charge in [-0.2, -0.15) is 0 Å². The minimum Gasteiger partial charge on any atom is -0.497 e. The first kappa shape index (κ1) is 13.0. The normalized spacial score (nSPS) is 12.8. The van der Waals surface area contributed by atoms with E-state index in [0.717, 1.165) is 5.75 Å². The molecule has 2 heteroatoms. The van der Waals surface area contributed by atoms with Crippen LogP contribution in [0.5, 0.6) is 5.75 Å². The fraction of sp³-hybridized carbons (Fsp3) is 0.571. The lowest BCUT2D eigenvalue weighted by Gasteiger charge is -2.21. The van der Waals surface area contributed by atoms with Crippen LogP contribution in [0.25, 0.3) is 0 Å². The Morgan fingerprint density at radius 1 is 1.12 bits per heavy atom. The van der Waals surface area contributed by atoms with Crippen molar-refractivity contribution in [1.29, 1.82) is 0 Å². The molecule has 1 N–H and O–H groups in total. The van der Waals surface area contributed by atoms with Gasteiger partial charge in [0.2, 0.25) is 0 Å². The van der Waals surface area contributed by atoms with E-state index in [2.05, 4.69) is 38.2 Å². The van der Waals surface area contributed by atoms with Gasteiger partial charge in [0, 0.05) is 12.1 Å². The van der Waals surface area contributed by atoms with Crippen molar-refractivity contribution in [1.82, 2.24) is 5.32 Å². The number of methoxy groups -OCH3 is 1. The van der Waals surface area contributed by atoms with Crippen LogP contribution in [0.1, 0.15) is 45.2 Å². The fourth-order valence-electron chi connectivity index (χ4n) is 1.87. The Morgan fingerprint density at radius 3 is 2.12 bits per heavy atom. The number of benzene rings is 1. The Labute approximate surface area is 99.0 Å². The van der Waals surface area contributed by atoms with Crippen LogP contribution in [-0.4, -0.2) is 13.2 Å². The SMILES string of the molecule is CCC(CC)NC(C)c1ccc(OC)cc1. The minimum atomic E-state index is 0.399. The smallest absolute Gasteiger partial charge is 0.118 e. The van der Waals surface area contributed by atoms with Gasteiger partial charge in [-0.05, 0) is 37.5 Å². The summed E-state index contributed by atoms with van der Waals surface area (Å²) in [6.45, 7) is 6.66. The summed E-state index contributed by atoms with van der Waals surface area (Å²) in [5.74, 6) is 0.915. The number of hydrogen-bond acceptors (Lipinski definition) is 2. The summed E-state index contributed by atoms with van der Waals surface area (Å²) in [5, 5.41) is 3.63. The Hall–Kier alpha value is -1.02. The molecule has 0 aromatic heterocycles. The third kappa shape index (κ3) is 3.53. The van der Waals surface area contributed by atoms with E-state index >= 15 is 0 Å². The van der Waals surface area contributed by atoms with Gasteiger partial charge in [-0.15, -0.1) is 0 Å². The highest BCUT2D eigenvalue weighted by Gasteiger charge is 2.09. The zero-order chi connectivity index (χ0) is 12.0. The van der Waals surface area contributed by atoms with E-state index in [1.165, 1.54) is 18.4 Å². The maximum atomic E-state index is 5.15. The van der Waals surface area contributed by atoms with Crippen LogP contribution in [-0.2, 0) is 0 Å². The number of rotatable bonds is 6. The maximum Gasteiger partial charge on any atom is 0.118 e. The van der Waals surface area contributed by atoms with E-state index in [1.807, 2.05) is 12.1 Å². The number of ether oxygens (including phenoxy) is 1. The highest BCUT2D eigenvalue weighted by molar-refractivity contribution is 5.28. The van der Waals surface area contributed by atoms with Crippen LogP contribution in [0.2, 0.25) is 0 Å². The van der Waals surface area contributed by atoms with Crippen LogP contribution >= 0.6 is 0 Å². The third-order valence-corrected chi connectivity index (χ3v) is 3.09. The molecule has 0 bridgehead atoms. The van der Waals surface area contributed by atoms with Gasteiger partial charge in [0.05, 0.1) is 7.11 Å². The molecule has 2 nitrogen and oxygen atoms in total. The predicted octanol–water partition coefficient (Wildman–Crippen LogP) is 3.53. The molecule has 0 fully saturated rings. The predicted molar refractivity (Wildman–Crippen MR) is 68.9 cm³/mol. The van der Waals surface area contributed by atoms with Gasteiger partial charge in [-0.25, -0.2) is 0 Å². The molecule has 90 valence electrons. The minimum absolute atomic E-state index is 0.399. The molecule has 1 aromatic carbocycles. The average molecular weight is 221 g/mol. The Bertz CT molecular complexity index is 290. The summed E-state index contributed by atoms with van der Waals surface area (Å²) in [6.07, 6.45) is 2.36. The van der Waals surface area contributed by atoms with E-state index in [9.17, 15) is 0 Å². The Kier molecular flexibility index (Phi) is 5.33. The van der Waals surface area contributed by atoms with Crippen molar-refractivity contribution in [2.75, 3.05) is 7.11 Å². The van der Waals surface area contributed by atoms with Crippen molar-refractivity contribution < 1.29 is 4.74 Å². The summed E-state index contributed by atoms with van der Waals surface area (Å²) in [6, 6.07) is 9.28. The van der Waals surface area contributed by atoms with Gasteiger partial charge in [-0.3, -0.25) is 0 Å². The lowest BCUT2D eigenvalue weighted by molar-refractivity contribution is 0.413. The second kappa shape index (κ2) is 6.54. The van der Waals surface area contributed by atoms with Crippen molar-refractivity contribution in [3.8, 4) is 5.75 Å². The van der Waals surface area contributed by atoms with Crippen LogP contribution in [0.3, 0.4) is 0 Å². The van der Waals surface area contributed by atoms with Crippen LogP contribution in [0, 0.1) is 0 Å². The lowest BCUT2D eigenvalue weighted by atomic mass is 10.1. The van der Waals surface area contributed by atoms with Crippen molar-refractivity contribution in [2.45, 2.75) is 45.7 Å². The van der Waals surface area contributed by atoms with Crippen molar-refractivity contribution in [3.63, 3.8) is 0 Å². The molecule has 0 aliphatic rings. The second-order valence-corrected chi connectivity index (χ2v) is 4.17. The molecule has 16 heavy (non-hydrogen) atoms. The van der Waals surface area contributed by atoms with Crippen molar-refractivity contribution in [3.05, 3.63) is 29.8 Å². The van der Waals surface area contributed by atoms with E-state index in [0.29, 0.717) is 12.1 Å². The zero-order valence-electron chi connectivity index (χ0n) is 10.8. The van der Waals surface area contributed by atoms with Gasteiger partial charge in [0.1, 0.15) is 5.75 Å². The summed E-state index contributed by atoms with van der Waals surface area (Å²) in [7, 11) is 1.70. The molecule has 1 unspecified atom stereocenters. The molecular weight excluding hydrogens is 198 g/mol. The highest BCUT2D eigenvalue weighted by atomic mass is 16.5. The molecule has 0 aliphatic heterocycles. The van der Waals surface area contributed by atoms with Gasteiger partial charge in [0.25, 0.3) is 0 Å². The lowest BCUT2D eigenvalue weighted by Crippen LogP contribution is -2.30. The van der Waals surface area contributed by atoms with E-state index in [-0.39, 0.29) is 0 Å². The van der Waals surface area contributed by atoms with Crippen molar-refractivity contribution in [2.24, 2.45) is 0 Å². The Balaban J connectivity index is 2.61. The molecule has 0 spiro atoms. The first-order valence-corrected chi connectivity index (χ1v) is 6.11. The van der Waals surface area contributed by atoms with E-state index in [4.69, 9.17) is 4.74 Å². The van der Waals surface area contributed by atoms with Crippen LogP contribution in [0.4, 0.5) is 0 Å². The molecule has 0 saturated carbocycles. The van der Waals surface area contributed by atoms with Gasteiger partial charge in [0.15, 0.2) is 0 Å². The zero-order valence-corrected chi connectivity index (χ0v) is 10.8. The first-order valence-electron chi connectivity index (χ1n) is 6.11. The third-order valence-electron chi connectivity index (χ3n) is 3.09. The summed E-state index contributed by atoms with van der Waals surface area (Å²) in [4.78, 5) is 0. The van der Waals surface area contributed by atoms with Crippen LogP contribution in [0.15, 0.2) is 24.3 Å². The first-order chi connectivity index (χ1) is 7.71. The molecule has 1 atom stereocenters. The quantitative estimate of drug-likeness (QED) is 0.793. The van der Waals surface area contributed by atoms with Crippen molar-refractivity contribution >= 4 is 0 Å². The average Bonchev–Trinajstić information content (AvgIpc) is 2.35. The van der Waals surface area contributed by atoms with E-state index < -0.39 is 0 Å².